The lowest BCUT2D eigenvalue weighted by Crippen LogP contribution is -2.44. The minimum Gasteiger partial charge on any atom is -0.319 e. The monoisotopic (exact) mass is 367 g/mol. The third-order valence-corrected chi connectivity index (χ3v) is 5.83. The lowest BCUT2D eigenvalue weighted by molar-refractivity contribution is -0.138. The Morgan fingerprint density at radius 3 is 2.81 bits per heavy atom. The molecule has 1 fully saturated rings. The summed E-state index contributed by atoms with van der Waals surface area (Å²) in [5, 5.41) is 2.88. The van der Waals surface area contributed by atoms with Gasteiger partial charge in [0.2, 0.25) is 5.91 Å². The molecule has 1 atom stereocenters. The zero-order valence-corrected chi connectivity index (χ0v) is 15.7. The van der Waals surface area contributed by atoms with Crippen LogP contribution >= 0.6 is 0 Å². The summed E-state index contributed by atoms with van der Waals surface area (Å²) in [5.74, 6) is -0.487. The molecule has 4 rings (SSSR count). The van der Waals surface area contributed by atoms with Crippen molar-refractivity contribution in [3.05, 3.63) is 47.2 Å². The summed E-state index contributed by atoms with van der Waals surface area (Å²) in [6.45, 7) is 2.43. The fourth-order valence-corrected chi connectivity index (χ4v) is 4.50. The van der Waals surface area contributed by atoms with Crippen molar-refractivity contribution in [1.82, 2.24) is 15.1 Å². The van der Waals surface area contributed by atoms with E-state index < -0.39 is 11.6 Å². The van der Waals surface area contributed by atoms with Crippen LogP contribution in [0.15, 0.2) is 36.0 Å². The third-order valence-electron chi connectivity index (χ3n) is 5.83. The first kappa shape index (κ1) is 17.8. The van der Waals surface area contributed by atoms with E-state index in [1.54, 1.807) is 4.90 Å². The fourth-order valence-electron chi connectivity index (χ4n) is 4.50. The van der Waals surface area contributed by atoms with Crippen molar-refractivity contribution in [2.45, 2.75) is 51.0 Å². The lowest BCUT2D eigenvalue weighted by atomic mass is 9.92. The van der Waals surface area contributed by atoms with Gasteiger partial charge in [0.15, 0.2) is 0 Å². The van der Waals surface area contributed by atoms with Crippen LogP contribution in [0.5, 0.6) is 0 Å². The summed E-state index contributed by atoms with van der Waals surface area (Å²) in [5.41, 5.74) is 1.97. The number of amides is 4. The Bertz CT molecular complexity index is 832. The van der Waals surface area contributed by atoms with Crippen LogP contribution in [0.25, 0.3) is 0 Å². The molecule has 1 aliphatic heterocycles. The van der Waals surface area contributed by atoms with Crippen LogP contribution in [0.4, 0.5) is 4.79 Å². The quantitative estimate of drug-likeness (QED) is 0.814. The van der Waals surface area contributed by atoms with Gasteiger partial charge < -0.3 is 10.2 Å². The molecule has 0 radical (unpaired) electrons. The molecular weight excluding hydrogens is 342 g/mol. The first-order chi connectivity index (χ1) is 13.1. The van der Waals surface area contributed by atoms with Gasteiger partial charge in [-0.05, 0) is 49.7 Å². The summed E-state index contributed by atoms with van der Waals surface area (Å²) < 4.78 is 0. The Morgan fingerprint density at radius 1 is 1.26 bits per heavy atom. The molecule has 0 bridgehead atoms. The number of benzene rings is 1. The molecule has 3 aliphatic rings. The Morgan fingerprint density at radius 2 is 2.07 bits per heavy atom. The van der Waals surface area contributed by atoms with Crippen molar-refractivity contribution >= 4 is 17.8 Å². The number of carbonyl (C=O) groups is 3. The third kappa shape index (κ3) is 2.83. The smallest absolute Gasteiger partial charge is 0.319 e. The molecule has 1 N–H and O–H groups in total. The van der Waals surface area contributed by atoms with Gasteiger partial charge in [-0.2, -0.15) is 0 Å². The van der Waals surface area contributed by atoms with Crippen LogP contribution in [0.1, 0.15) is 50.2 Å². The maximum Gasteiger partial charge on any atom is 0.325 e. The number of allylic oxidation sites excluding steroid dienone is 2. The van der Waals surface area contributed by atoms with Crippen LogP contribution in [-0.2, 0) is 21.5 Å². The minimum atomic E-state index is -1.00. The molecule has 27 heavy (non-hydrogen) atoms. The van der Waals surface area contributed by atoms with E-state index >= 15 is 0 Å². The Kier molecular flexibility index (Phi) is 4.50. The number of hydrogen-bond acceptors (Lipinski definition) is 3. The average Bonchev–Trinajstić information content (AvgIpc) is 3.37. The average molecular weight is 367 g/mol. The van der Waals surface area contributed by atoms with Gasteiger partial charge in [0, 0.05) is 12.2 Å². The van der Waals surface area contributed by atoms with E-state index in [0.29, 0.717) is 13.0 Å². The van der Waals surface area contributed by atoms with Crippen LogP contribution in [0, 0.1) is 0 Å². The zero-order valence-electron chi connectivity index (χ0n) is 15.7. The molecule has 6 heteroatoms. The van der Waals surface area contributed by atoms with E-state index in [1.165, 1.54) is 0 Å². The summed E-state index contributed by atoms with van der Waals surface area (Å²) in [4.78, 5) is 41.6. The van der Waals surface area contributed by atoms with Gasteiger partial charge in [-0.1, -0.05) is 37.3 Å². The number of urea groups is 1. The first-order valence-corrected chi connectivity index (χ1v) is 9.78. The highest BCUT2D eigenvalue weighted by Gasteiger charge is 2.55. The molecule has 1 aromatic rings. The summed E-state index contributed by atoms with van der Waals surface area (Å²) in [7, 11) is 0. The van der Waals surface area contributed by atoms with Gasteiger partial charge in [0.1, 0.15) is 12.1 Å². The summed E-state index contributed by atoms with van der Waals surface area (Å²) in [6, 6.07) is 7.25. The molecule has 1 unspecified atom stereocenters. The van der Waals surface area contributed by atoms with Gasteiger partial charge in [-0.3, -0.25) is 14.5 Å². The van der Waals surface area contributed by atoms with Crippen molar-refractivity contribution in [2.24, 2.45) is 0 Å². The number of rotatable bonds is 5. The number of fused-ring (bicyclic) bond motifs is 2. The summed E-state index contributed by atoms with van der Waals surface area (Å²) in [6.07, 6.45) is 7.12. The first-order valence-electron chi connectivity index (χ1n) is 9.78. The zero-order chi connectivity index (χ0) is 19.0. The molecule has 4 amide bonds. The Labute approximate surface area is 159 Å². The molecule has 1 heterocycles. The predicted molar refractivity (Wildman–Crippen MR) is 101 cm³/mol. The van der Waals surface area contributed by atoms with E-state index in [4.69, 9.17) is 0 Å². The number of carbonyl (C=O) groups excluding carboxylic acids is 3. The normalized spacial score (nSPS) is 23.6. The highest BCUT2D eigenvalue weighted by molar-refractivity contribution is 6.10. The van der Waals surface area contributed by atoms with Crippen LogP contribution < -0.4 is 5.32 Å². The number of aryl methyl sites for hydroxylation is 1. The van der Waals surface area contributed by atoms with E-state index in [9.17, 15) is 14.4 Å². The van der Waals surface area contributed by atoms with E-state index in [-0.39, 0.29) is 18.4 Å². The van der Waals surface area contributed by atoms with Crippen molar-refractivity contribution in [1.29, 1.82) is 0 Å². The maximum absolute atomic E-state index is 13.2. The van der Waals surface area contributed by atoms with Crippen molar-refractivity contribution < 1.29 is 14.4 Å². The second-order valence-corrected chi connectivity index (χ2v) is 7.52. The molecule has 1 saturated heterocycles. The molecule has 1 spiro atoms. The largest absolute Gasteiger partial charge is 0.325 e. The molecular formula is C21H25N3O3. The fraction of sp³-hybridized carbons (Fsp3) is 0.476. The van der Waals surface area contributed by atoms with Gasteiger partial charge >= 0.3 is 6.03 Å². The minimum absolute atomic E-state index is 0.183. The Balaban J connectivity index is 1.56. The predicted octanol–water partition coefficient (Wildman–Crippen LogP) is 2.69. The standard InChI is InChI=1S/C21H25N3O3/c1-2-13-23(16-8-4-5-9-16)18(25)14-24-19(26)21(22-20(24)27)12-11-15-7-3-6-10-17(15)21/h3,6-8,10H,2,4-5,9,11-14H2,1H3,(H,22,27). The number of nitrogens with zero attached hydrogens (tertiary/aromatic N) is 2. The van der Waals surface area contributed by atoms with Gasteiger partial charge in [-0.15, -0.1) is 0 Å². The Hall–Kier alpha value is -2.63. The van der Waals surface area contributed by atoms with Crippen molar-refractivity contribution in [3.63, 3.8) is 0 Å². The molecule has 2 aliphatic carbocycles. The second-order valence-electron chi connectivity index (χ2n) is 7.52. The van der Waals surface area contributed by atoms with E-state index in [1.807, 2.05) is 31.2 Å². The van der Waals surface area contributed by atoms with Crippen molar-refractivity contribution in [2.75, 3.05) is 13.1 Å². The highest BCUT2D eigenvalue weighted by atomic mass is 16.2. The van der Waals surface area contributed by atoms with E-state index in [0.717, 1.165) is 53.8 Å². The number of imide groups is 1. The lowest BCUT2D eigenvalue weighted by Gasteiger charge is -2.26. The SMILES string of the molecule is CCCN(C(=O)CN1C(=O)NC2(CCc3ccccc32)C1=O)C1=CCCC1. The molecule has 6 nitrogen and oxygen atoms in total. The molecule has 0 saturated carbocycles. The topological polar surface area (TPSA) is 69.7 Å². The van der Waals surface area contributed by atoms with Gasteiger partial charge in [-0.25, -0.2) is 4.79 Å². The molecule has 0 aromatic heterocycles. The highest BCUT2D eigenvalue weighted by Crippen LogP contribution is 2.41. The van der Waals surface area contributed by atoms with Crippen LogP contribution in [-0.4, -0.2) is 40.7 Å². The van der Waals surface area contributed by atoms with Crippen LogP contribution in [0.2, 0.25) is 0 Å². The number of hydrogen-bond donors (Lipinski definition) is 1. The molecule has 1 aromatic carbocycles. The summed E-state index contributed by atoms with van der Waals surface area (Å²) >= 11 is 0. The van der Waals surface area contributed by atoms with Crippen molar-refractivity contribution in [3.8, 4) is 0 Å². The number of nitrogens with one attached hydrogen (secondary N) is 1. The van der Waals surface area contributed by atoms with E-state index in [2.05, 4.69) is 11.4 Å². The maximum atomic E-state index is 13.2. The van der Waals surface area contributed by atoms with Gasteiger partial charge in [0.25, 0.3) is 5.91 Å². The van der Waals surface area contributed by atoms with Gasteiger partial charge in [0.05, 0.1) is 0 Å². The molecule has 142 valence electrons. The second kappa shape index (κ2) is 6.83. The van der Waals surface area contributed by atoms with Crippen LogP contribution in [0.3, 0.4) is 0 Å².